The fraction of sp³-hybridized carbons (Fsp3) is 0.444. The zero-order valence-corrected chi connectivity index (χ0v) is 21.7. The molecule has 3 rings (SSSR count). The molecule has 1 aliphatic rings. The van der Waals surface area contributed by atoms with Crippen LogP contribution < -0.4 is 20.5 Å². The van der Waals surface area contributed by atoms with Crippen LogP contribution in [0.1, 0.15) is 64.4 Å². The number of carboxylic acids is 1. The number of aromatic nitrogens is 1. The first-order valence-electron chi connectivity index (χ1n) is 12.2. The monoisotopic (exact) mass is 513 g/mol. The van der Waals surface area contributed by atoms with Crippen molar-refractivity contribution in [2.24, 2.45) is 0 Å². The Morgan fingerprint density at radius 2 is 2.05 bits per heavy atom. The van der Waals surface area contributed by atoms with Crippen LogP contribution in [0, 0.1) is 6.92 Å². The molecule has 10 nitrogen and oxygen atoms in total. The number of benzene rings is 1. The molecule has 1 aromatic heterocycles. The third-order valence-corrected chi connectivity index (χ3v) is 6.31. The molecule has 0 aliphatic heterocycles. The maximum atomic E-state index is 12.9. The van der Waals surface area contributed by atoms with Crippen molar-refractivity contribution in [3.05, 3.63) is 58.4 Å². The standard InChI is InChI=1S/C27H35N3O7/c1-5-27(11-6-8-19-23(27)24(28)22(26(33)34)17(3)30-19)37-15-16(2)29-25(32)18-9-10-20(21(14-18)35-4)36-13-7-12-31/h6,9-11,14,16,31H,5,7-8,12-13,15H2,1-4H3,(H2,28,30)(H,29,32)(H,33,34). The van der Waals surface area contributed by atoms with Gasteiger partial charge in [0.05, 0.1) is 37.4 Å². The van der Waals surface area contributed by atoms with E-state index in [4.69, 9.17) is 25.1 Å². The van der Waals surface area contributed by atoms with Crippen molar-refractivity contribution in [3.8, 4) is 11.5 Å². The summed E-state index contributed by atoms with van der Waals surface area (Å²) in [5, 5.41) is 21.5. The zero-order valence-electron chi connectivity index (χ0n) is 21.7. The molecule has 1 aliphatic carbocycles. The Balaban J connectivity index is 1.74. The highest BCUT2D eigenvalue weighted by molar-refractivity contribution is 5.96. The summed E-state index contributed by atoms with van der Waals surface area (Å²) in [6, 6.07) is 4.50. The minimum absolute atomic E-state index is 0.0189. The summed E-state index contributed by atoms with van der Waals surface area (Å²) in [7, 11) is 1.49. The molecule has 0 saturated heterocycles. The van der Waals surface area contributed by atoms with Crippen LogP contribution in [0.5, 0.6) is 11.5 Å². The van der Waals surface area contributed by atoms with Gasteiger partial charge in [0.2, 0.25) is 0 Å². The number of nitrogens with two attached hydrogens (primary N) is 1. The third kappa shape index (κ3) is 6.03. The third-order valence-electron chi connectivity index (χ3n) is 6.31. The summed E-state index contributed by atoms with van der Waals surface area (Å²) in [6.07, 6.45) is 5.35. The summed E-state index contributed by atoms with van der Waals surface area (Å²) in [4.78, 5) is 29.2. The largest absolute Gasteiger partial charge is 0.493 e. The highest BCUT2D eigenvalue weighted by atomic mass is 16.5. The van der Waals surface area contributed by atoms with Gasteiger partial charge in [-0.25, -0.2) is 4.79 Å². The van der Waals surface area contributed by atoms with Crippen molar-refractivity contribution in [1.29, 1.82) is 0 Å². The van der Waals surface area contributed by atoms with Gasteiger partial charge >= 0.3 is 5.97 Å². The van der Waals surface area contributed by atoms with Crippen LogP contribution in [-0.4, -0.2) is 60.0 Å². The first kappa shape index (κ1) is 27.9. The van der Waals surface area contributed by atoms with Crippen molar-refractivity contribution < 1.29 is 34.0 Å². The summed E-state index contributed by atoms with van der Waals surface area (Å²) in [6.45, 7) is 5.88. The number of methoxy groups -OCH3 is 1. The Hall–Kier alpha value is -3.63. The van der Waals surface area contributed by atoms with Gasteiger partial charge in [-0.1, -0.05) is 19.1 Å². The number of hydrogen-bond donors (Lipinski definition) is 4. The number of hydrogen-bond acceptors (Lipinski definition) is 8. The Bertz CT molecular complexity index is 1180. The number of pyridine rings is 1. The number of aryl methyl sites for hydroxylation is 1. The molecule has 0 saturated carbocycles. The van der Waals surface area contributed by atoms with Gasteiger partial charge in [-0.15, -0.1) is 0 Å². The second kappa shape index (κ2) is 12.1. The maximum Gasteiger partial charge on any atom is 0.339 e. The number of allylic oxidation sites excluding steroid dienone is 1. The van der Waals surface area contributed by atoms with E-state index in [0.717, 1.165) is 0 Å². The van der Waals surface area contributed by atoms with Crippen LogP contribution in [0.3, 0.4) is 0 Å². The number of carboxylic acid groups (broad SMARTS) is 1. The second-order valence-electron chi connectivity index (χ2n) is 8.94. The normalized spacial score (nSPS) is 17.1. The SMILES string of the molecule is CCC1(OCC(C)NC(=O)c2ccc(OCCCO)c(OC)c2)C=CCc2nc(C)c(C(=O)O)c(N)c21. The molecule has 0 fully saturated rings. The van der Waals surface area contributed by atoms with Crippen LogP contribution in [0.25, 0.3) is 0 Å². The quantitative estimate of drug-likeness (QED) is 0.248. The van der Waals surface area contributed by atoms with Gasteiger partial charge in [-0.3, -0.25) is 9.78 Å². The molecule has 200 valence electrons. The predicted octanol–water partition coefficient (Wildman–Crippen LogP) is 2.99. The molecule has 0 spiro atoms. The lowest BCUT2D eigenvalue weighted by Gasteiger charge is -2.36. The Kier molecular flexibility index (Phi) is 9.12. The lowest BCUT2D eigenvalue weighted by atomic mass is 9.82. The van der Waals surface area contributed by atoms with Gasteiger partial charge < -0.3 is 35.5 Å². The Labute approximate surface area is 216 Å². The van der Waals surface area contributed by atoms with Crippen molar-refractivity contribution in [2.75, 3.05) is 32.7 Å². The van der Waals surface area contributed by atoms with E-state index < -0.39 is 11.6 Å². The molecule has 37 heavy (non-hydrogen) atoms. The number of fused-ring (bicyclic) bond motifs is 1. The molecular weight excluding hydrogens is 478 g/mol. The second-order valence-corrected chi connectivity index (χ2v) is 8.94. The van der Waals surface area contributed by atoms with Crippen molar-refractivity contribution >= 4 is 17.6 Å². The van der Waals surface area contributed by atoms with Gasteiger partial charge in [-0.2, -0.15) is 0 Å². The summed E-state index contributed by atoms with van der Waals surface area (Å²) < 4.78 is 17.3. The van der Waals surface area contributed by atoms with Crippen molar-refractivity contribution in [2.45, 2.75) is 51.7 Å². The highest BCUT2D eigenvalue weighted by Gasteiger charge is 2.38. The molecule has 10 heteroatoms. The molecule has 5 N–H and O–H groups in total. The number of aromatic carboxylic acids is 1. The first-order chi connectivity index (χ1) is 17.7. The molecular formula is C27H35N3O7. The average molecular weight is 514 g/mol. The lowest BCUT2D eigenvalue weighted by molar-refractivity contribution is -0.0253. The zero-order chi connectivity index (χ0) is 27.2. The fourth-order valence-corrected chi connectivity index (χ4v) is 4.44. The van der Waals surface area contributed by atoms with Gasteiger partial charge in [0.1, 0.15) is 11.2 Å². The number of rotatable bonds is 12. The first-order valence-corrected chi connectivity index (χ1v) is 12.2. The van der Waals surface area contributed by atoms with Crippen LogP contribution >= 0.6 is 0 Å². The smallest absolute Gasteiger partial charge is 0.339 e. The molecule has 0 bridgehead atoms. The number of nitrogens with zero attached hydrogens (tertiary/aromatic N) is 1. The van der Waals surface area contributed by atoms with Gasteiger partial charge in [-0.05, 0) is 38.5 Å². The van der Waals surface area contributed by atoms with Crippen molar-refractivity contribution in [3.63, 3.8) is 0 Å². The van der Waals surface area contributed by atoms with Crippen LogP contribution in [0.2, 0.25) is 0 Å². The Morgan fingerprint density at radius 3 is 2.70 bits per heavy atom. The number of nitrogens with one attached hydrogen (secondary N) is 1. The molecule has 2 atom stereocenters. The summed E-state index contributed by atoms with van der Waals surface area (Å²) in [5.74, 6) is -0.549. The number of aliphatic hydroxyl groups excluding tert-OH is 1. The molecule has 2 aromatic rings. The summed E-state index contributed by atoms with van der Waals surface area (Å²) in [5.41, 5.74) is 7.55. The van der Waals surface area contributed by atoms with E-state index in [1.54, 1.807) is 25.1 Å². The minimum Gasteiger partial charge on any atom is -0.493 e. The molecule has 2 unspecified atom stereocenters. The highest BCUT2D eigenvalue weighted by Crippen LogP contribution is 2.42. The number of nitrogen functional groups attached to an aromatic ring is 1. The van der Waals surface area contributed by atoms with Crippen LogP contribution in [0.15, 0.2) is 30.4 Å². The molecule has 1 heterocycles. The van der Waals surface area contributed by atoms with E-state index in [-0.39, 0.29) is 36.4 Å². The maximum absolute atomic E-state index is 12.9. The van der Waals surface area contributed by atoms with Gasteiger partial charge in [0.15, 0.2) is 11.5 Å². The molecule has 0 radical (unpaired) electrons. The Morgan fingerprint density at radius 1 is 1.30 bits per heavy atom. The summed E-state index contributed by atoms with van der Waals surface area (Å²) >= 11 is 0. The van der Waals surface area contributed by atoms with Crippen molar-refractivity contribution in [1.82, 2.24) is 10.3 Å². The number of aliphatic hydroxyl groups is 1. The van der Waals surface area contributed by atoms with Crippen LogP contribution in [-0.2, 0) is 16.8 Å². The van der Waals surface area contributed by atoms with Crippen LogP contribution in [0.4, 0.5) is 5.69 Å². The number of carbonyl (C=O) groups is 2. The van der Waals surface area contributed by atoms with E-state index in [0.29, 0.717) is 59.9 Å². The predicted molar refractivity (Wildman–Crippen MR) is 138 cm³/mol. The van der Waals surface area contributed by atoms with E-state index in [9.17, 15) is 14.7 Å². The average Bonchev–Trinajstić information content (AvgIpc) is 2.87. The molecule has 1 amide bonds. The minimum atomic E-state index is -1.13. The van der Waals surface area contributed by atoms with E-state index in [2.05, 4.69) is 10.3 Å². The van der Waals surface area contributed by atoms with E-state index in [1.165, 1.54) is 7.11 Å². The van der Waals surface area contributed by atoms with Gasteiger partial charge in [0, 0.05) is 36.6 Å². The van der Waals surface area contributed by atoms with E-state index in [1.807, 2.05) is 26.0 Å². The van der Waals surface area contributed by atoms with E-state index >= 15 is 0 Å². The fourth-order valence-electron chi connectivity index (χ4n) is 4.44. The number of anilines is 1. The lowest BCUT2D eigenvalue weighted by Crippen LogP contribution is -2.40. The topological polar surface area (TPSA) is 153 Å². The number of amides is 1. The molecule has 1 aromatic carbocycles. The van der Waals surface area contributed by atoms with Gasteiger partial charge in [0.25, 0.3) is 5.91 Å². The number of carbonyl (C=O) groups excluding carboxylic acids is 1. The number of ether oxygens (including phenoxy) is 3.